The topological polar surface area (TPSA) is 92.8 Å². The number of carbonyl (C=O) groups is 2. The summed E-state index contributed by atoms with van der Waals surface area (Å²) >= 11 is 6.88. The molecule has 0 saturated carbocycles. The van der Waals surface area contributed by atoms with Gasteiger partial charge in [0.05, 0.1) is 19.2 Å². The minimum atomic E-state index is -3.99. The molecule has 1 aromatic heterocycles. The highest BCUT2D eigenvalue weighted by molar-refractivity contribution is 7.91. The summed E-state index contributed by atoms with van der Waals surface area (Å²) in [4.78, 5) is 27.3. The summed E-state index contributed by atoms with van der Waals surface area (Å²) in [5, 5.41) is 0.554. The highest BCUT2D eigenvalue weighted by Gasteiger charge is 2.34. The van der Waals surface area contributed by atoms with E-state index < -0.39 is 16.0 Å². The van der Waals surface area contributed by atoms with Crippen LogP contribution in [0.4, 0.5) is 0 Å². The van der Waals surface area contributed by atoms with Gasteiger partial charge in [-0.3, -0.25) is 4.79 Å². The Kier molecular flexibility index (Phi) is 7.76. The molecule has 1 aliphatic heterocycles. The number of hydrogen-bond donors (Lipinski definition) is 1. The summed E-state index contributed by atoms with van der Waals surface area (Å²) in [6, 6.07) is 6.79. The van der Waals surface area contributed by atoms with Crippen LogP contribution in [0.5, 0.6) is 0 Å². The molecule has 7 nitrogen and oxygen atoms in total. The first-order valence-corrected chi connectivity index (χ1v) is 12.7. The Morgan fingerprint density at radius 1 is 1.28 bits per heavy atom. The van der Waals surface area contributed by atoms with E-state index >= 15 is 0 Å². The quantitative estimate of drug-likeness (QED) is 0.465. The second kappa shape index (κ2) is 10.2. The van der Waals surface area contributed by atoms with Gasteiger partial charge in [-0.15, -0.1) is 11.3 Å². The number of thiophene rings is 1. The van der Waals surface area contributed by atoms with Crippen LogP contribution in [0.2, 0.25) is 5.02 Å². The number of nitrogens with one attached hydrogen (secondary N) is 1. The zero-order valence-corrected chi connectivity index (χ0v) is 20.4. The van der Waals surface area contributed by atoms with Gasteiger partial charge in [0.2, 0.25) is 5.91 Å². The number of hydrogen-bond acceptors (Lipinski definition) is 6. The van der Waals surface area contributed by atoms with Crippen LogP contribution in [0.3, 0.4) is 0 Å². The molecule has 172 valence electrons. The number of carbonyl (C=O) groups excluding carboxylic acids is 2. The smallest absolute Gasteiger partial charge is 0.340 e. The number of benzene rings is 1. The third kappa shape index (κ3) is 5.58. The van der Waals surface area contributed by atoms with Crippen molar-refractivity contribution in [3.05, 3.63) is 63.0 Å². The van der Waals surface area contributed by atoms with Crippen LogP contribution in [0.15, 0.2) is 40.6 Å². The molecule has 0 aliphatic carbocycles. The molecule has 0 spiro atoms. The van der Waals surface area contributed by atoms with Crippen LogP contribution in [0.25, 0.3) is 0 Å². The second-order valence-electron chi connectivity index (χ2n) is 7.72. The minimum absolute atomic E-state index is 0.0489. The van der Waals surface area contributed by atoms with Gasteiger partial charge < -0.3 is 9.64 Å². The maximum Gasteiger partial charge on any atom is 0.340 e. The Hall–Kier alpha value is -2.20. The van der Waals surface area contributed by atoms with E-state index in [-0.39, 0.29) is 34.7 Å². The third-order valence-electron chi connectivity index (χ3n) is 4.97. The number of ether oxygens (including phenoxy) is 1. The van der Waals surface area contributed by atoms with Crippen LogP contribution in [0, 0.1) is 5.92 Å². The van der Waals surface area contributed by atoms with Gasteiger partial charge in [-0.05, 0) is 41.7 Å². The molecule has 0 fully saturated rings. The molecule has 2 aromatic rings. The second-order valence-corrected chi connectivity index (χ2v) is 11.2. The van der Waals surface area contributed by atoms with E-state index in [1.807, 2.05) is 19.9 Å². The number of fused-ring (bicyclic) bond motifs is 1. The summed E-state index contributed by atoms with van der Waals surface area (Å²) in [5.74, 6) is -0.591. The van der Waals surface area contributed by atoms with Gasteiger partial charge in [0.1, 0.15) is 4.21 Å². The molecule has 3 rings (SSSR count). The zero-order chi connectivity index (χ0) is 23.5. The Labute approximate surface area is 197 Å². The summed E-state index contributed by atoms with van der Waals surface area (Å²) in [6.07, 6.45) is 3.74. The van der Waals surface area contributed by atoms with E-state index in [9.17, 15) is 18.0 Å². The number of nitrogens with zero attached hydrogens (tertiary/aromatic N) is 1. The lowest BCUT2D eigenvalue weighted by atomic mass is 10.0. The van der Waals surface area contributed by atoms with E-state index in [2.05, 4.69) is 4.72 Å². The number of rotatable bonds is 7. The fourth-order valence-corrected chi connectivity index (χ4v) is 6.38. The van der Waals surface area contributed by atoms with Gasteiger partial charge in [0.15, 0.2) is 0 Å². The molecule has 10 heteroatoms. The standard InChI is InChI=1S/C22H25ClN2O5S2/c1-14(2)4-9-19(26)25-11-10-17-18(13-25)31-22(20(17)21(27)30-3)32(28,29)24-12-15-5-7-16(23)8-6-15/h4-9,14,24H,10-13H2,1-3H3/b9-4+. The van der Waals surface area contributed by atoms with Crippen LogP contribution in [-0.4, -0.2) is 38.8 Å². The first kappa shape index (κ1) is 24.4. The summed E-state index contributed by atoms with van der Waals surface area (Å²) in [6.45, 7) is 4.65. The lowest BCUT2D eigenvalue weighted by Crippen LogP contribution is -2.34. The van der Waals surface area contributed by atoms with Crippen LogP contribution in [-0.2, 0) is 39.1 Å². The molecule has 0 unspecified atom stereocenters. The molecule has 0 radical (unpaired) electrons. The molecule has 1 amide bonds. The fourth-order valence-electron chi connectivity index (χ4n) is 3.29. The normalized spacial score (nSPS) is 14.1. The monoisotopic (exact) mass is 496 g/mol. The molecule has 2 heterocycles. The van der Waals surface area contributed by atoms with E-state index in [4.69, 9.17) is 16.3 Å². The van der Waals surface area contributed by atoms with E-state index in [0.717, 1.165) is 16.9 Å². The van der Waals surface area contributed by atoms with Gasteiger partial charge in [-0.2, -0.15) is 0 Å². The average molecular weight is 497 g/mol. The summed E-state index contributed by atoms with van der Waals surface area (Å²) < 4.78 is 33.5. The van der Waals surface area contributed by atoms with Gasteiger partial charge in [0.25, 0.3) is 10.0 Å². The van der Waals surface area contributed by atoms with E-state index in [1.165, 1.54) is 13.2 Å². The predicted octanol–water partition coefficient (Wildman–Crippen LogP) is 3.76. The van der Waals surface area contributed by atoms with Crippen LogP contribution < -0.4 is 4.72 Å². The van der Waals surface area contributed by atoms with Gasteiger partial charge in [-0.1, -0.05) is 43.7 Å². The van der Waals surface area contributed by atoms with Crippen molar-refractivity contribution in [3.8, 4) is 0 Å². The number of methoxy groups -OCH3 is 1. The van der Waals surface area contributed by atoms with Crippen molar-refractivity contribution in [3.63, 3.8) is 0 Å². The van der Waals surface area contributed by atoms with Crippen molar-refractivity contribution in [2.75, 3.05) is 13.7 Å². The number of halogens is 1. The van der Waals surface area contributed by atoms with E-state index in [0.29, 0.717) is 28.4 Å². The van der Waals surface area contributed by atoms with E-state index in [1.54, 1.807) is 29.2 Å². The van der Waals surface area contributed by atoms with Gasteiger partial charge >= 0.3 is 5.97 Å². The third-order valence-corrected chi connectivity index (χ3v) is 8.36. The lowest BCUT2D eigenvalue weighted by Gasteiger charge is -2.26. The largest absolute Gasteiger partial charge is 0.465 e. The maximum atomic E-state index is 13.1. The van der Waals surface area contributed by atoms with Crippen molar-refractivity contribution in [1.29, 1.82) is 0 Å². The summed E-state index contributed by atoms with van der Waals surface area (Å²) in [7, 11) is -2.77. The molecule has 1 aromatic carbocycles. The average Bonchev–Trinajstić information content (AvgIpc) is 3.16. The zero-order valence-electron chi connectivity index (χ0n) is 18.1. The Bertz CT molecular complexity index is 1140. The molecule has 0 saturated heterocycles. The number of sulfonamides is 1. The number of allylic oxidation sites excluding steroid dienone is 1. The minimum Gasteiger partial charge on any atom is -0.465 e. The highest BCUT2D eigenvalue weighted by Crippen LogP contribution is 2.36. The Morgan fingerprint density at radius 3 is 2.59 bits per heavy atom. The molecule has 1 N–H and O–H groups in total. The maximum absolute atomic E-state index is 13.1. The molecule has 32 heavy (non-hydrogen) atoms. The molecular weight excluding hydrogens is 472 g/mol. The first-order valence-electron chi connectivity index (χ1n) is 10.1. The summed E-state index contributed by atoms with van der Waals surface area (Å²) in [5.41, 5.74) is 1.42. The first-order chi connectivity index (χ1) is 15.1. The Balaban J connectivity index is 1.89. The van der Waals surface area contributed by atoms with Crippen LogP contribution >= 0.6 is 22.9 Å². The van der Waals surface area contributed by atoms with Gasteiger partial charge in [-0.25, -0.2) is 17.9 Å². The van der Waals surface area contributed by atoms with Crippen molar-refractivity contribution < 1.29 is 22.7 Å². The molecule has 1 aliphatic rings. The van der Waals surface area contributed by atoms with Crippen molar-refractivity contribution >= 4 is 44.8 Å². The van der Waals surface area contributed by atoms with Crippen molar-refractivity contribution in [1.82, 2.24) is 9.62 Å². The SMILES string of the molecule is COC(=O)c1c(S(=O)(=O)NCc2ccc(Cl)cc2)sc2c1CCN(C(=O)/C=C/C(C)C)C2. The number of esters is 1. The molecule has 0 atom stereocenters. The number of amides is 1. The Morgan fingerprint density at radius 2 is 1.97 bits per heavy atom. The molecular formula is C22H25ClN2O5S2. The van der Waals surface area contributed by atoms with Crippen molar-refractivity contribution in [2.45, 2.75) is 37.6 Å². The molecule has 0 bridgehead atoms. The van der Waals surface area contributed by atoms with Gasteiger partial charge in [0, 0.05) is 23.0 Å². The van der Waals surface area contributed by atoms with Crippen molar-refractivity contribution in [2.24, 2.45) is 5.92 Å². The van der Waals surface area contributed by atoms with Crippen LogP contribution in [0.1, 0.15) is 40.2 Å². The lowest BCUT2D eigenvalue weighted by molar-refractivity contribution is -0.126. The highest BCUT2D eigenvalue weighted by atomic mass is 35.5. The predicted molar refractivity (Wildman–Crippen MR) is 124 cm³/mol. The fraction of sp³-hybridized carbons (Fsp3) is 0.364.